The van der Waals surface area contributed by atoms with E-state index in [2.05, 4.69) is 5.32 Å². The minimum Gasteiger partial charge on any atom is -0.359 e. The molecule has 1 N–H and O–H groups in total. The Hall–Kier alpha value is -2.19. The molecule has 5 nitrogen and oxygen atoms in total. The lowest BCUT2D eigenvalue weighted by atomic mass is 10.1. The van der Waals surface area contributed by atoms with Gasteiger partial charge in [-0.2, -0.15) is 5.26 Å². The van der Waals surface area contributed by atoms with Gasteiger partial charge in [0.25, 0.3) is 0 Å². The maximum atomic E-state index is 11.9. The largest absolute Gasteiger partial charge is 0.359 e. The van der Waals surface area contributed by atoms with Crippen LogP contribution in [-0.2, 0) is 4.79 Å². The molecule has 0 aliphatic carbocycles. The molecule has 0 fully saturated rings. The predicted octanol–water partition coefficient (Wildman–Crippen LogP) is 0.809. The Bertz CT molecular complexity index is 488. The van der Waals surface area contributed by atoms with Gasteiger partial charge in [0.15, 0.2) is 5.78 Å². The third-order valence-corrected chi connectivity index (χ3v) is 2.75. The van der Waals surface area contributed by atoms with Crippen LogP contribution in [0.5, 0.6) is 0 Å². The topological polar surface area (TPSA) is 73.2 Å². The first-order valence-electron chi connectivity index (χ1n) is 5.99. The lowest BCUT2D eigenvalue weighted by molar-refractivity contribution is -0.120. The molecular weight excluding hydrogens is 242 g/mol. The Morgan fingerprint density at radius 2 is 1.95 bits per heavy atom. The maximum Gasteiger partial charge on any atom is 0.221 e. The first kappa shape index (κ1) is 14.9. The molecule has 5 heteroatoms. The number of ketones is 1. The van der Waals surface area contributed by atoms with Crippen LogP contribution in [0.25, 0.3) is 0 Å². The van der Waals surface area contributed by atoms with E-state index >= 15 is 0 Å². The minimum absolute atomic E-state index is 0.0242. The normalized spacial score (nSPS) is 10.0. The van der Waals surface area contributed by atoms with Crippen LogP contribution in [0.1, 0.15) is 22.3 Å². The Labute approximate surface area is 112 Å². The Kier molecular flexibility index (Phi) is 5.71. The molecule has 0 saturated carbocycles. The van der Waals surface area contributed by atoms with Gasteiger partial charge in [-0.1, -0.05) is 12.1 Å². The molecule has 0 aliphatic heterocycles. The highest BCUT2D eigenvalue weighted by Crippen LogP contribution is 2.05. The molecule has 0 spiro atoms. The van der Waals surface area contributed by atoms with Crippen molar-refractivity contribution < 1.29 is 9.59 Å². The van der Waals surface area contributed by atoms with Crippen molar-refractivity contribution in [3.8, 4) is 6.07 Å². The number of hydrogen-bond acceptors (Lipinski definition) is 4. The summed E-state index contributed by atoms with van der Waals surface area (Å²) in [6.45, 7) is 0.782. The van der Waals surface area contributed by atoms with Crippen LogP contribution in [0, 0.1) is 11.3 Å². The van der Waals surface area contributed by atoms with Crippen LogP contribution in [0.2, 0.25) is 0 Å². The van der Waals surface area contributed by atoms with E-state index in [1.54, 1.807) is 43.3 Å². The summed E-state index contributed by atoms with van der Waals surface area (Å²) in [5.41, 5.74) is 1.11. The number of carbonyl (C=O) groups is 2. The molecule has 1 amide bonds. The molecule has 0 aliphatic rings. The quantitative estimate of drug-likeness (QED) is 0.767. The number of nitriles is 1. The van der Waals surface area contributed by atoms with Gasteiger partial charge in [-0.25, -0.2) is 0 Å². The second kappa shape index (κ2) is 7.29. The van der Waals surface area contributed by atoms with E-state index in [1.807, 2.05) is 6.07 Å². The molecule has 0 aromatic heterocycles. The average molecular weight is 259 g/mol. The molecule has 0 bridgehead atoms. The molecule has 0 heterocycles. The molecular formula is C14H17N3O2. The monoisotopic (exact) mass is 259 g/mol. The third kappa shape index (κ3) is 4.90. The van der Waals surface area contributed by atoms with E-state index < -0.39 is 0 Å². The number of nitrogens with zero attached hydrogens (tertiary/aromatic N) is 2. The van der Waals surface area contributed by atoms with Crippen molar-refractivity contribution >= 4 is 11.7 Å². The van der Waals surface area contributed by atoms with Gasteiger partial charge in [-0.15, -0.1) is 0 Å². The molecule has 0 atom stereocenters. The summed E-state index contributed by atoms with van der Waals surface area (Å²) in [6.07, 6.45) is 0.369. The van der Waals surface area contributed by atoms with Crippen molar-refractivity contribution in [1.29, 1.82) is 5.26 Å². The van der Waals surface area contributed by atoms with E-state index in [1.165, 1.54) is 0 Å². The lowest BCUT2D eigenvalue weighted by Crippen LogP contribution is -2.30. The second-order valence-corrected chi connectivity index (χ2v) is 4.27. The standard InChI is InChI=1S/C14H17N3O2/c1-16-14(19)7-8-17(2)10-13(18)12-5-3-11(9-15)4-6-12/h3-6H,7-8,10H2,1-2H3,(H,16,19). The fourth-order valence-corrected chi connectivity index (χ4v) is 1.56. The predicted molar refractivity (Wildman–Crippen MR) is 71.7 cm³/mol. The number of rotatable bonds is 6. The summed E-state index contributed by atoms with van der Waals surface area (Å²) in [5, 5.41) is 11.2. The molecule has 0 saturated heterocycles. The summed E-state index contributed by atoms with van der Waals surface area (Å²) < 4.78 is 0. The van der Waals surface area contributed by atoms with Gasteiger partial charge in [0.05, 0.1) is 18.2 Å². The van der Waals surface area contributed by atoms with Crippen LogP contribution < -0.4 is 5.32 Å². The minimum atomic E-state index is -0.0438. The zero-order valence-electron chi connectivity index (χ0n) is 11.1. The van der Waals surface area contributed by atoms with Crippen LogP contribution >= 0.6 is 0 Å². The van der Waals surface area contributed by atoms with Gasteiger partial charge in [-0.3, -0.25) is 14.5 Å². The SMILES string of the molecule is CNC(=O)CCN(C)CC(=O)c1ccc(C#N)cc1. The number of amides is 1. The number of Topliss-reactive ketones (excluding diaryl/α,β-unsaturated/α-hetero) is 1. The number of likely N-dealkylation sites (N-methyl/N-ethyl adjacent to an activating group) is 1. The third-order valence-electron chi connectivity index (χ3n) is 2.75. The van der Waals surface area contributed by atoms with E-state index in [0.717, 1.165) is 0 Å². The number of benzene rings is 1. The Morgan fingerprint density at radius 1 is 1.32 bits per heavy atom. The van der Waals surface area contributed by atoms with Crippen molar-refractivity contribution in [1.82, 2.24) is 10.2 Å². The second-order valence-electron chi connectivity index (χ2n) is 4.27. The summed E-state index contributed by atoms with van der Waals surface area (Å²) in [5.74, 6) is -0.0680. The zero-order chi connectivity index (χ0) is 14.3. The van der Waals surface area contributed by atoms with Crippen LogP contribution in [0.15, 0.2) is 24.3 Å². The first-order chi connectivity index (χ1) is 9.06. The highest BCUT2D eigenvalue weighted by molar-refractivity contribution is 5.97. The number of hydrogen-bond donors (Lipinski definition) is 1. The molecule has 1 aromatic rings. The van der Waals surface area contributed by atoms with E-state index in [0.29, 0.717) is 24.1 Å². The van der Waals surface area contributed by atoms with E-state index in [9.17, 15) is 9.59 Å². The van der Waals surface area contributed by atoms with Gasteiger partial charge in [0.1, 0.15) is 0 Å². The van der Waals surface area contributed by atoms with Crippen LogP contribution in [0.4, 0.5) is 0 Å². The van der Waals surface area contributed by atoms with Gasteiger partial charge in [-0.05, 0) is 19.2 Å². The summed E-state index contributed by atoms with van der Waals surface area (Å²) in [7, 11) is 3.38. The molecule has 19 heavy (non-hydrogen) atoms. The molecule has 0 radical (unpaired) electrons. The average Bonchev–Trinajstić information content (AvgIpc) is 2.44. The Morgan fingerprint density at radius 3 is 2.47 bits per heavy atom. The van der Waals surface area contributed by atoms with E-state index in [4.69, 9.17) is 5.26 Å². The van der Waals surface area contributed by atoms with Crippen molar-refractivity contribution in [2.45, 2.75) is 6.42 Å². The Balaban J connectivity index is 2.49. The van der Waals surface area contributed by atoms with Gasteiger partial charge >= 0.3 is 0 Å². The van der Waals surface area contributed by atoms with Gasteiger partial charge in [0, 0.05) is 25.6 Å². The fourth-order valence-electron chi connectivity index (χ4n) is 1.56. The highest BCUT2D eigenvalue weighted by atomic mass is 16.1. The van der Waals surface area contributed by atoms with Crippen molar-refractivity contribution in [2.75, 3.05) is 27.2 Å². The van der Waals surface area contributed by atoms with Crippen LogP contribution in [-0.4, -0.2) is 43.8 Å². The molecule has 1 rings (SSSR count). The lowest BCUT2D eigenvalue weighted by Gasteiger charge is -2.15. The number of carbonyl (C=O) groups excluding carboxylic acids is 2. The van der Waals surface area contributed by atoms with Crippen LogP contribution in [0.3, 0.4) is 0 Å². The van der Waals surface area contributed by atoms with E-state index in [-0.39, 0.29) is 18.2 Å². The smallest absolute Gasteiger partial charge is 0.221 e. The number of nitrogens with one attached hydrogen (secondary N) is 1. The van der Waals surface area contributed by atoms with Gasteiger partial charge < -0.3 is 5.32 Å². The van der Waals surface area contributed by atoms with Crippen molar-refractivity contribution in [2.24, 2.45) is 0 Å². The zero-order valence-corrected chi connectivity index (χ0v) is 11.1. The summed E-state index contributed by atoms with van der Waals surface area (Å²) in [4.78, 5) is 24.8. The van der Waals surface area contributed by atoms with Crippen molar-refractivity contribution in [3.63, 3.8) is 0 Å². The molecule has 100 valence electrons. The summed E-state index contributed by atoms with van der Waals surface area (Å²) in [6, 6.07) is 8.55. The summed E-state index contributed by atoms with van der Waals surface area (Å²) >= 11 is 0. The highest BCUT2D eigenvalue weighted by Gasteiger charge is 2.10. The maximum absolute atomic E-state index is 11.9. The fraction of sp³-hybridized carbons (Fsp3) is 0.357. The van der Waals surface area contributed by atoms with Crippen molar-refractivity contribution in [3.05, 3.63) is 35.4 Å². The van der Waals surface area contributed by atoms with Gasteiger partial charge in [0.2, 0.25) is 5.91 Å². The molecule has 1 aromatic carbocycles. The first-order valence-corrected chi connectivity index (χ1v) is 5.99. The molecule has 0 unspecified atom stereocenters.